The molecule has 0 fully saturated rings. The zero-order chi connectivity index (χ0) is 14.3. The van der Waals surface area contributed by atoms with Gasteiger partial charge in [0, 0.05) is 12.6 Å². The number of hydrogen-bond acceptors (Lipinski definition) is 4. The number of ether oxygens (including phenoxy) is 1. The van der Waals surface area contributed by atoms with E-state index >= 15 is 0 Å². The summed E-state index contributed by atoms with van der Waals surface area (Å²) < 4.78 is 5.22. The zero-order valence-corrected chi connectivity index (χ0v) is 12.7. The monoisotopic (exact) mass is 300 g/mol. The van der Waals surface area contributed by atoms with Crippen LogP contribution in [0.25, 0.3) is 0 Å². The van der Waals surface area contributed by atoms with Crippen molar-refractivity contribution in [3.63, 3.8) is 0 Å². The fraction of sp³-hybridized carbons (Fsp3) is 0.429. The highest BCUT2D eigenvalue weighted by Gasteiger charge is 2.09. The summed E-state index contributed by atoms with van der Waals surface area (Å²) in [5.74, 6) is 0.0634. The highest BCUT2D eigenvalue weighted by atomic mass is 35.5. The van der Waals surface area contributed by atoms with Crippen molar-refractivity contribution in [1.29, 1.82) is 0 Å². The van der Waals surface area contributed by atoms with Gasteiger partial charge in [-0.1, -0.05) is 13.8 Å². The van der Waals surface area contributed by atoms with Crippen LogP contribution in [0.15, 0.2) is 24.3 Å². The van der Waals surface area contributed by atoms with E-state index in [1.807, 2.05) is 18.7 Å². The van der Waals surface area contributed by atoms with Gasteiger partial charge >= 0.3 is 7.40 Å². The number of halogens is 1. The van der Waals surface area contributed by atoms with Gasteiger partial charge in [0.25, 0.3) is 0 Å². The van der Waals surface area contributed by atoms with E-state index in [1.54, 1.807) is 24.3 Å². The number of carbonyl (C=O) groups excluding carboxylic acids is 2. The normalized spacial score (nSPS) is 9.80. The van der Waals surface area contributed by atoms with E-state index in [9.17, 15) is 9.59 Å². The molecule has 1 N–H and O–H groups in total. The number of nitrogens with one attached hydrogen (secondary N) is 1. The van der Waals surface area contributed by atoms with Crippen LogP contribution in [0.3, 0.4) is 0 Å². The predicted molar refractivity (Wildman–Crippen MR) is 75.3 cm³/mol. The Bertz CT molecular complexity index is 436. The van der Waals surface area contributed by atoms with Crippen LogP contribution in [-0.2, 0) is 9.59 Å². The fourth-order valence-electron chi connectivity index (χ4n) is 1.60. The first-order valence-corrected chi connectivity index (χ1v) is 6.35. The summed E-state index contributed by atoms with van der Waals surface area (Å²) >= 11 is 0. The standard InChI is InChI=1S/C14H20N2O3.ClH/c1-4-16(5-2)10-14(18)19-13-8-6-12(7-9-13)15-11(3)17;/h6-9H,4-5,10H2,1-3H3,(H,15,17);1H. The number of rotatable bonds is 6. The van der Waals surface area contributed by atoms with Crippen molar-refractivity contribution in [2.45, 2.75) is 20.8 Å². The molecule has 0 unspecified atom stereocenters. The number of esters is 1. The average molecular weight is 301 g/mol. The van der Waals surface area contributed by atoms with Crippen LogP contribution in [0.2, 0.25) is 0 Å². The summed E-state index contributed by atoms with van der Waals surface area (Å²) in [4.78, 5) is 24.5. The summed E-state index contributed by atoms with van der Waals surface area (Å²) in [7, 11) is 0. The molecular weight excluding hydrogens is 280 g/mol. The quantitative estimate of drug-likeness (QED) is 0.541. The van der Waals surface area contributed by atoms with E-state index in [1.165, 1.54) is 6.92 Å². The Hall–Kier alpha value is -1.59. The lowest BCUT2D eigenvalue weighted by atomic mass is 10.3. The number of amides is 1. The van der Waals surface area contributed by atoms with Gasteiger partial charge < -0.3 is 22.5 Å². The summed E-state index contributed by atoms with van der Waals surface area (Å²) in [6.45, 7) is 7.34. The minimum Gasteiger partial charge on any atom is -1.00 e. The van der Waals surface area contributed by atoms with Gasteiger partial charge in [0.1, 0.15) is 5.75 Å². The van der Waals surface area contributed by atoms with Crippen LogP contribution >= 0.6 is 0 Å². The van der Waals surface area contributed by atoms with E-state index in [0.29, 0.717) is 11.4 Å². The third kappa shape index (κ3) is 6.54. The largest absolute Gasteiger partial charge is 1.00 e. The number of hydrogen-bond donors (Lipinski definition) is 1. The van der Waals surface area contributed by atoms with Gasteiger partial charge in [-0.2, -0.15) is 0 Å². The molecular formula is C14H21ClN2O3. The van der Waals surface area contributed by atoms with E-state index in [0.717, 1.165) is 13.1 Å². The predicted octanol–water partition coefficient (Wildman–Crippen LogP) is -0.991. The zero-order valence-electron chi connectivity index (χ0n) is 13.0. The molecule has 6 heteroatoms. The smallest absolute Gasteiger partial charge is 1.00 e. The van der Waals surface area contributed by atoms with Gasteiger partial charge in [0.2, 0.25) is 5.91 Å². The Morgan fingerprint density at radius 3 is 2.20 bits per heavy atom. The van der Waals surface area contributed by atoms with Crippen molar-refractivity contribution in [3.8, 4) is 5.75 Å². The topological polar surface area (TPSA) is 58.6 Å². The Kier molecular flexibility index (Phi) is 8.59. The maximum absolute atomic E-state index is 11.7. The van der Waals surface area contributed by atoms with Crippen LogP contribution in [0.1, 0.15) is 22.2 Å². The Morgan fingerprint density at radius 1 is 1.20 bits per heavy atom. The van der Waals surface area contributed by atoms with Crippen molar-refractivity contribution in [3.05, 3.63) is 24.3 Å². The third-order valence-corrected chi connectivity index (χ3v) is 2.65. The van der Waals surface area contributed by atoms with Crippen molar-refractivity contribution in [1.82, 2.24) is 4.90 Å². The van der Waals surface area contributed by atoms with Crippen molar-refractivity contribution in [2.75, 3.05) is 25.0 Å². The summed E-state index contributed by atoms with van der Waals surface area (Å²) in [6.07, 6.45) is 0. The van der Waals surface area contributed by atoms with Crippen LogP contribution < -0.4 is 22.5 Å². The first-order chi connectivity index (χ1) is 9.05. The molecule has 0 heterocycles. The summed E-state index contributed by atoms with van der Waals surface area (Å²) in [6, 6.07) is 6.71. The van der Waals surface area contributed by atoms with Gasteiger partial charge in [-0.3, -0.25) is 14.5 Å². The number of benzene rings is 1. The molecule has 0 aliphatic heterocycles. The van der Waals surface area contributed by atoms with Crippen LogP contribution in [0, 0.1) is 0 Å². The molecule has 1 amide bonds. The highest BCUT2D eigenvalue weighted by molar-refractivity contribution is 5.88. The second kappa shape index (κ2) is 9.34. The molecule has 5 nitrogen and oxygen atoms in total. The van der Waals surface area contributed by atoms with Gasteiger partial charge in [-0.15, -0.1) is 0 Å². The van der Waals surface area contributed by atoms with Crippen LogP contribution in [0.4, 0.5) is 5.69 Å². The molecule has 0 aromatic heterocycles. The van der Waals surface area contributed by atoms with Crippen LogP contribution in [0.5, 0.6) is 5.75 Å². The minimum atomic E-state index is -0.282. The molecule has 0 aliphatic carbocycles. The third-order valence-electron chi connectivity index (χ3n) is 2.65. The lowest BCUT2D eigenvalue weighted by Crippen LogP contribution is -3.00. The fourth-order valence-corrected chi connectivity index (χ4v) is 1.60. The molecule has 0 atom stereocenters. The SMILES string of the molecule is CCN(CC)CC(=O)Oc1ccc(NC(C)=O)cc1.[Cl-].[H+]. The molecule has 1 aromatic carbocycles. The molecule has 0 spiro atoms. The van der Waals surface area contributed by atoms with Crippen molar-refractivity contribution < 1.29 is 28.2 Å². The van der Waals surface area contributed by atoms with Gasteiger partial charge in [-0.05, 0) is 37.4 Å². The number of likely N-dealkylation sites (N-methyl/N-ethyl adjacent to an activating group) is 1. The second-order valence-corrected chi connectivity index (χ2v) is 4.14. The number of nitrogens with zero attached hydrogens (tertiary/aromatic N) is 1. The molecule has 20 heavy (non-hydrogen) atoms. The molecule has 0 saturated heterocycles. The first kappa shape index (κ1) is 18.4. The average Bonchev–Trinajstić information content (AvgIpc) is 2.37. The van der Waals surface area contributed by atoms with E-state index in [4.69, 9.17) is 4.74 Å². The molecule has 0 saturated carbocycles. The van der Waals surface area contributed by atoms with E-state index in [2.05, 4.69) is 5.32 Å². The molecule has 0 aliphatic rings. The second-order valence-electron chi connectivity index (χ2n) is 4.14. The molecule has 112 valence electrons. The summed E-state index contributed by atoms with van der Waals surface area (Å²) in [5, 5.41) is 2.65. The highest BCUT2D eigenvalue weighted by Crippen LogP contribution is 2.15. The van der Waals surface area contributed by atoms with Gasteiger partial charge in [0.15, 0.2) is 0 Å². The van der Waals surface area contributed by atoms with Gasteiger partial charge in [0.05, 0.1) is 6.54 Å². The first-order valence-electron chi connectivity index (χ1n) is 6.35. The maximum atomic E-state index is 11.7. The maximum Gasteiger partial charge on any atom is 1.00 e. The molecule has 0 bridgehead atoms. The lowest BCUT2D eigenvalue weighted by molar-refractivity contribution is -0.135. The minimum absolute atomic E-state index is 0. The van der Waals surface area contributed by atoms with E-state index < -0.39 is 0 Å². The van der Waals surface area contributed by atoms with Crippen LogP contribution in [-0.4, -0.2) is 36.4 Å². The number of anilines is 1. The van der Waals surface area contributed by atoms with E-state index in [-0.39, 0.29) is 32.3 Å². The van der Waals surface area contributed by atoms with Gasteiger partial charge in [-0.25, -0.2) is 0 Å². The molecule has 1 rings (SSSR count). The summed E-state index contributed by atoms with van der Waals surface area (Å²) in [5.41, 5.74) is 0.677. The lowest BCUT2D eigenvalue weighted by Gasteiger charge is -2.16. The molecule has 1 aromatic rings. The molecule has 0 radical (unpaired) electrons. The Morgan fingerprint density at radius 2 is 1.75 bits per heavy atom. The van der Waals surface area contributed by atoms with Crippen molar-refractivity contribution in [2.24, 2.45) is 0 Å². The van der Waals surface area contributed by atoms with Crippen molar-refractivity contribution >= 4 is 17.6 Å². The number of carbonyl (C=O) groups is 2. The Balaban J connectivity index is 0. The Labute approximate surface area is 127 Å².